The third kappa shape index (κ3) is 5.50. The second-order valence-electron chi connectivity index (χ2n) is 9.49. The molecule has 0 aliphatic heterocycles. The Morgan fingerprint density at radius 3 is 2.03 bits per heavy atom. The number of hydrogen-bond donors (Lipinski definition) is 2. The summed E-state index contributed by atoms with van der Waals surface area (Å²) in [6.45, 7) is 2.11. The lowest BCUT2D eigenvalue weighted by Crippen LogP contribution is -2.35. The molecule has 1 amide bonds. The van der Waals surface area contributed by atoms with E-state index in [1.54, 1.807) is 0 Å². The Bertz CT molecular complexity index is 989. The quantitative estimate of drug-likeness (QED) is 0.438. The molecule has 1 saturated carbocycles. The van der Waals surface area contributed by atoms with Gasteiger partial charge in [0.15, 0.2) is 0 Å². The van der Waals surface area contributed by atoms with Crippen molar-refractivity contribution in [2.45, 2.75) is 96.4 Å². The van der Waals surface area contributed by atoms with Crippen molar-refractivity contribution in [3.8, 4) is 0 Å². The van der Waals surface area contributed by atoms with Crippen LogP contribution in [0.1, 0.15) is 99.4 Å². The van der Waals surface area contributed by atoms with Gasteiger partial charge >= 0.3 is 0 Å². The molecule has 2 aromatic carbocycles. The topological polar surface area (TPSA) is 44.9 Å². The van der Waals surface area contributed by atoms with Gasteiger partial charge in [0.05, 0.1) is 5.52 Å². The van der Waals surface area contributed by atoms with E-state index in [1.165, 1.54) is 76.2 Å². The lowest BCUT2D eigenvalue weighted by Gasteiger charge is -2.20. The van der Waals surface area contributed by atoms with Crippen molar-refractivity contribution in [2.24, 2.45) is 0 Å². The molecule has 166 valence electrons. The van der Waals surface area contributed by atoms with E-state index in [0.717, 1.165) is 40.2 Å². The van der Waals surface area contributed by atoms with Crippen LogP contribution in [0, 0.1) is 6.92 Å². The molecule has 2 N–H and O–H groups in total. The number of carbonyl (C=O) groups is 1. The maximum Gasteiger partial charge on any atom is 0.252 e. The van der Waals surface area contributed by atoms with Gasteiger partial charge in [0, 0.05) is 27.9 Å². The van der Waals surface area contributed by atoms with Crippen molar-refractivity contribution in [3.05, 3.63) is 47.5 Å². The smallest absolute Gasteiger partial charge is 0.252 e. The molecule has 0 bridgehead atoms. The minimum Gasteiger partial charge on any atom is -0.354 e. The number of aromatic nitrogens is 1. The van der Waals surface area contributed by atoms with Gasteiger partial charge in [-0.3, -0.25) is 4.79 Å². The number of amides is 1. The molecule has 1 heterocycles. The fraction of sp³-hybridized carbons (Fsp3) is 0.536. The van der Waals surface area contributed by atoms with Crippen LogP contribution in [-0.2, 0) is 0 Å². The highest BCUT2D eigenvalue weighted by Crippen LogP contribution is 2.30. The maximum absolute atomic E-state index is 13.4. The van der Waals surface area contributed by atoms with Gasteiger partial charge in [-0.05, 0) is 37.5 Å². The molecule has 3 heteroatoms. The minimum atomic E-state index is 0.0841. The van der Waals surface area contributed by atoms with Crippen molar-refractivity contribution < 1.29 is 4.79 Å². The van der Waals surface area contributed by atoms with Gasteiger partial charge in [0.1, 0.15) is 0 Å². The highest BCUT2D eigenvalue weighted by molar-refractivity contribution is 6.18. The van der Waals surface area contributed by atoms with Crippen LogP contribution in [0.3, 0.4) is 0 Å². The number of aryl methyl sites for hydroxylation is 1. The first-order valence-corrected chi connectivity index (χ1v) is 12.5. The van der Waals surface area contributed by atoms with Crippen LogP contribution in [-0.4, -0.2) is 16.9 Å². The summed E-state index contributed by atoms with van der Waals surface area (Å²) in [5.74, 6) is 0.0841. The summed E-state index contributed by atoms with van der Waals surface area (Å²) in [7, 11) is 0. The Hall–Kier alpha value is -2.29. The predicted molar refractivity (Wildman–Crippen MR) is 132 cm³/mol. The van der Waals surface area contributed by atoms with Gasteiger partial charge in [-0.15, -0.1) is 0 Å². The van der Waals surface area contributed by atoms with E-state index in [4.69, 9.17) is 0 Å². The van der Waals surface area contributed by atoms with Crippen LogP contribution in [0.5, 0.6) is 0 Å². The third-order valence-corrected chi connectivity index (χ3v) is 7.05. The Morgan fingerprint density at radius 1 is 0.806 bits per heavy atom. The van der Waals surface area contributed by atoms with E-state index in [9.17, 15) is 4.79 Å². The van der Waals surface area contributed by atoms with Crippen molar-refractivity contribution >= 4 is 27.7 Å². The van der Waals surface area contributed by atoms with Crippen molar-refractivity contribution in [3.63, 3.8) is 0 Å². The van der Waals surface area contributed by atoms with Gasteiger partial charge in [0.25, 0.3) is 5.91 Å². The zero-order valence-electron chi connectivity index (χ0n) is 19.1. The van der Waals surface area contributed by atoms with Gasteiger partial charge in [0.2, 0.25) is 0 Å². The molecule has 0 atom stereocenters. The maximum atomic E-state index is 13.4. The zero-order chi connectivity index (χ0) is 21.5. The Kier molecular flexibility index (Phi) is 7.66. The monoisotopic (exact) mass is 418 g/mol. The van der Waals surface area contributed by atoms with Crippen molar-refractivity contribution in [2.75, 3.05) is 0 Å². The van der Waals surface area contributed by atoms with Crippen molar-refractivity contribution in [1.29, 1.82) is 0 Å². The molecule has 1 aromatic heterocycles. The first-order chi connectivity index (χ1) is 15.2. The first-order valence-electron chi connectivity index (χ1n) is 12.5. The number of aromatic amines is 1. The summed E-state index contributed by atoms with van der Waals surface area (Å²) in [4.78, 5) is 17.0. The number of hydrogen-bond acceptors (Lipinski definition) is 1. The molecule has 0 spiro atoms. The van der Waals surface area contributed by atoms with E-state index in [0.29, 0.717) is 0 Å². The molecule has 4 rings (SSSR count). The lowest BCUT2D eigenvalue weighted by atomic mass is 9.97. The SMILES string of the molecule is Cc1ccc(C(=O)NC2CCCCCCCCCCCCC2)c2c1[nH]c1ccccc12. The van der Waals surface area contributed by atoms with E-state index < -0.39 is 0 Å². The average Bonchev–Trinajstić information content (AvgIpc) is 3.17. The predicted octanol–water partition coefficient (Wildman–Crippen LogP) is 7.81. The van der Waals surface area contributed by atoms with E-state index >= 15 is 0 Å². The second kappa shape index (κ2) is 10.8. The van der Waals surface area contributed by atoms with Gasteiger partial charge in [-0.25, -0.2) is 0 Å². The normalized spacial score (nSPS) is 18.1. The lowest BCUT2D eigenvalue weighted by molar-refractivity contribution is 0.0933. The fourth-order valence-corrected chi connectivity index (χ4v) is 5.21. The van der Waals surface area contributed by atoms with Crippen LogP contribution in [0.25, 0.3) is 21.8 Å². The number of benzene rings is 2. The van der Waals surface area contributed by atoms with Gasteiger partial charge in [-0.1, -0.05) is 94.9 Å². The summed E-state index contributed by atoms with van der Waals surface area (Å²) < 4.78 is 0. The molecule has 1 aliphatic carbocycles. The number of nitrogens with one attached hydrogen (secondary N) is 2. The zero-order valence-corrected chi connectivity index (χ0v) is 19.1. The number of para-hydroxylation sites is 1. The summed E-state index contributed by atoms with van der Waals surface area (Å²) in [6, 6.07) is 12.7. The minimum absolute atomic E-state index is 0.0841. The molecular formula is C28H38N2O. The van der Waals surface area contributed by atoms with Gasteiger partial charge < -0.3 is 10.3 Å². The standard InChI is InChI=1S/C28H38N2O/c1-21-19-20-24(26-23-17-13-14-18-25(23)30-27(21)26)28(31)29-22-15-11-9-7-5-3-2-4-6-8-10-12-16-22/h13-14,17-20,22,30H,2-12,15-16H2,1H3,(H,29,31). The van der Waals surface area contributed by atoms with Crippen LogP contribution >= 0.6 is 0 Å². The fourth-order valence-electron chi connectivity index (χ4n) is 5.21. The first kappa shape index (κ1) is 21.9. The highest BCUT2D eigenvalue weighted by Gasteiger charge is 2.19. The summed E-state index contributed by atoms with van der Waals surface area (Å²) in [5.41, 5.74) is 4.16. The number of fused-ring (bicyclic) bond motifs is 3. The van der Waals surface area contributed by atoms with Crippen LogP contribution < -0.4 is 5.32 Å². The molecule has 0 saturated heterocycles. The Balaban J connectivity index is 1.51. The Morgan fingerprint density at radius 2 is 1.39 bits per heavy atom. The number of rotatable bonds is 2. The van der Waals surface area contributed by atoms with E-state index in [2.05, 4.69) is 41.5 Å². The molecule has 0 unspecified atom stereocenters. The summed E-state index contributed by atoms with van der Waals surface area (Å²) in [6.07, 6.45) is 16.9. The molecule has 1 fully saturated rings. The van der Waals surface area contributed by atoms with Crippen LogP contribution in [0.15, 0.2) is 36.4 Å². The average molecular weight is 419 g/mol. The summed E-state index contributed by atoms with van der Waals surface area (Å²) in [5, 5.41) is 5.63. The number of carbonyl (C=O) groups excluding carboxylic acids is 1. The van der Waals surface area contributed by atoms with E-state index in [-0.39, 0.29) is 11.9 Å². The second-order valence-corrected chi connectivity index (χ2v) is 9.49. The number of H-pyrrole nitrogens is 1. The van der Waals surface area contributed by atoms with Crippen LogP contribution in [0.4, 0.5) is 0 Å². The molecule has 31 heavy (non-hydrogen) atoms. The summed E-state index contributed by atoms with van der Waals surface area (Å²) >= 11 is 0. The Labute approximate surface area is 187 Å². The van der Waals surface area contributed by atoms with Crippen molar-refractivity contribution in [1.82, 2.24) is 10.3 Å². The van der Waals surface area contributed by atoms with Gasteiger partial charge in [-0.2, -0.15) is 0 Å². The molecule has 3 aromatic rings. The molecule has 3 nitrogen and oxygen atoms in total. The highest BCUT2D eigenvalue weighted by atomic mass is 16.1. The van der Waals surface area contributed by atoms with E-state index in [1.807, 2.05) is 12.1 Å². The molecule has 0 radical (unpaired) electrons. The van der Waals surface area contributed by atoms with Crippen LogP contribution in [0.2, 0.25) is 0 Å². The third-order valence-electron chi connectivity index (χ3n) is 7.05. The molecule has 1 aliphatic rings. The largest absolute Gasteiger partial charge is 0.354 e. The molecular weight excluding hydrogens is 380 g/mol.